The zero-order valence-electron chi connectivity index (χ0n) is 14.8. The summed E-state index contributed by atoms with van der Waals surface area (Å²) in [6.07, 6.45) is 0. The van der Waals surface area contributed by atoms with Gasteiger partial charge in [-0.25, -0.2) is 8.42 Å². The Morgan fingerprint density at radius 2 is 1.85 bits per heavy atom. The third kappa shape index (κ3) is 4.35. The first-order valence-corrected chi connectivity index (χ1v) is 9.90. The lowest BCUT2D eigenvalue weighted by Crippen LogP contribution is -2.30. The molecule has 1 N–H and O–H groups in total. The Morgan fingerprint density at radius 3 is 2.46 bits per heavy atom. The molecule has 2 aromatic carbocycles. The molecular weight excluding hydrogens is 376 g/mol. The summed E-state index contributed by atoms with van der Waals surface area (Å²) in [4.78, 5) is 12.6. The topological polar surface area (TPSA) is 75.7 Å². The fourth-order valence-corrected chi connectivity index (χ4v) is 4.16. The van der Waals surface area contributed by atoms with Crippen molar-refractivity contribution < 1.29 is 17.9 Å². The van der Waals surface area contributed by atoms with E-state index in [9.17, 15) is 13.2 Å². The van der Waals surface area contributed by atoms with E-state index in [1.165, 1.54) is 23.5 Å². The summed E-state index contributed by atoms with van der Waals surface area (Å²) in [6.45, 7) is 4.25. The summed E-state index contributed by atoms with van der Waals surface area (Å²) in [5.41, 5.74) is 0.627. The second kappa shape index (κ2) is 8.53. The number of nitrogens with zero attached hydrogens (tertiary/aromatic N) is 1. The minimum absolute atomic E-state index is 0.0758. The molecule has 6 nitrogen and oxygen atoms in total. The van der Waals surface area contributed by atoms with Crippen LogP contribution in [0.2, 0.25) is 5.02 Å². The highest BCUT2D eigenvalue weighted by molar-refractivity contribution is 7.89. The van der Waals surface area contributed by atoms with Crippen molar-refractivity contribution in [1.82, 2.24) is 4.31 Å². The number of carbonyl (C=O) groups excluding carboxylic acids is 1. The highest BCUT2D eigenvalue weighted by Crippen LogP contribution is 2.28. The molecule has 1 amide bonds. The fraction of sp³-hybridized carbons (Fsp3) is 0.278. The number of carbonyl (C=O) groups is 1. The Bertz CT molecular complexity index is 896. The zero-order chi connectivity index (χ0) is 19.3. The van der Waals surface area contributed by atoms with Crippen LogP contribution in [0, 0.1) is 0 Å². The number of rotatable bonds is 7. The van der Waals surface area contributed by atoms with Crippen molar-refractivity contribution in [2.45, 2.75) is 18.7 Å². The zero-order valence-corrected chi connectivity index (χ0v) is 16.4. The molecule has 0 radical (unpaired) electrons. The van der Waals surface area contributed by atoms with E-state index in [-0.39, 0.29) is 10.5 Å². The summed E-state index contributed by atoms with van der Waals surface area (Å²) < 4.78 is 31.8. The van der Waals surface area contributed by atoms with Gasteiger partial charge in [0.05, 0.1) is 17.7 Å². The molecule has 0 atom stereocenters. The molecule has 0 unspecified atom stereocenters. The standard InChI is InChI=1S/C18H21ClN2O4S/c1-4-21(5-2)26(23,24)15-8-6-7-13(11-15)18(22)20-16-12-14(19)9-10-17(16)25-3/h6-12H,4-5H2,1-3H3,(H,20,22). The van der Waals surface area contributed by atoms with Gasteiger partial charge in [0.25, 0.3) is 5.91 Å². The van der Waals surface area contributed by atoms with Gasteiger partial charge in [-0.3, -0.25) is 4.79 Å². The van der Waals surface area contributed by atoms with Crippen molar-refractivity contribution in [3.05, 3.63) is 53.1 Å². The number of amides is 1. The van der Waals surface area contributed by atoms with Crippen LogP contribution in [0.25, 0.3) is 0 Å². The minimum Gasteiger partial charge on any atom is -0.495 e. The van der Waals surface area contributed by atoms with Gasteiger partial charge < -0.3 is 10.1 Å². The van der Waals surface area contributed by atoms with Crippen LogP contribution in [0.5, 0.6) is 5.75 Å². The van der Waals surface area contributed by atoms with Crippen LogP contribution in [0.1, 0.15) is 24.2 Å². The smallest absolute Gasteiger partial charge is 0.255 e. The molecule has 140 valence electrons. The molecule has 0 bridgehead atoms. The van der Waals surface area contributed by atoms with Crippen LogP contribution in [-0.2, 0) is 10.0 Å². The van der Waals surface area contributed by atoms with E-state index < -0.39 is 15.9 Å². The van der Waals surface area contributed by atoms with Gasteiger partial charge in [-0.1, -0.05) is 31.5 Å². The number of methoxy groups -OCH3 is 1. The van der Waals surface area contributed by atoms with E-state index in [2.05, 4.69) is 5.32 Å². The van der Waals surface area contributed by atoms with Crippen molar-refractivity contribution in [2.75, 3.05) is 25.5 Å². The van der Waals surface area contributed by atoms with Gasteiger partial charge in [-0.05, 0) is 36.4 Å². The number of nitrogens with one attached hydrogen (secondary N) is 1. The molecule has 26 heavy (non-hydrogen) atoms. The average Bonchev–Trinajstić information content (AvgIpc) is 2.63. The second-order valence-corrected chi connectivity index (χ2v) is 7.79. The predicted octanol–water partition coefficient (Wildman–Crippen LogP) is 3.63. The lowest BCUT2D eigenvalue weighted by atomic mass is 10.2. The molecule has 0 aliphatic heterocycles. The maximum absolute atomic E-state index is 12.6. The molecule has 2 rings (SSSR count). The second-order valence-electron chi connectivity index (χ2n) is 5.42. The van der Waals surface area contributed by atoms with Gasteiger partial charge in [-0.15, -0.1) is 0 Å². The average molecular weight is 397 g/mol. The lowest BCUT2D eigenvalue weighted by molar-refractivity contribution is 0.102. The monoisotopic (exact) mass is 396 g/mol. The van der Waals surface area contributed by atoms with Crippen LogP contribution in [0.4, 0.5) is 5.69 Å². The molecule has 0 aliphatic carbocycles. The largest absolute Gasteiger partial charge is 0.495 e. The van der Waals surface area contributed by atoms with Gasteiger partial charge in [-0.2, -0.15) is 4.31 Å². The van der Waals surface area contributed by atoms with E-state index in [1.54, 1.807) is 44.2 Å². The van der Waals surface area contributed by atoms with Gasteiger partial charge in [0.1, 0.15) is 5.75 Å². The van der Waals surface area contributed by atoms with Gasteiger partial charge in [0.2, 0.25) is 10.0 Å². The molecule has 0 saturated heterocycles. The Balaban J connectivity index is 2.33. The maximum Gasteiger partial charge on any atom is 0.255 e. The van der Waals surface area contributed by atoms with Gasteiger partial charge >= 0.3 is 0 Å². The number of hydrogen-bond donors (Lipinski definition) is 1. The third-order valence-corrected chi connectivity index (χ3v) is 6.13. The number of sulfonamides is 1. The normalized spacial score (nSPS) is 11.4. The Kier molecular flexibility index (Phi) is 6.63. The number of halogens is 1. The maximum atomic E-state index is 12.6. The van der Waals surface area contributed by atoms with E-state index in [1.807, 2.05) is 0 Å². The van der Waals surface area contributed by atoms with Gasteiger partial charge in [0, 0.05) is 23.7 Å². The molecule has 0 spiro atoms. The van der Waals surface area contributed by atoms with Crippen LogP contribution >= 0.6 is 11.6 Å². The Hall–Kier alpha value is -2.09. The van der Waals surface area contributed by atoms with E-state index in [0.29, 0.717) is 29.5 Å². The number of hydrogen-bond acceptors (Lipinski definition) is 4. The molecular formula is C18H21ClN2O4S. The van der Waals surface area contributed by atoms with Crippen molar-refractivity contribution >= 4 is 33.2 Å². The quantitative estimate of drug-likeness (QED) is 0.775. The molecule has 0 saturated carbocycles. The van der Waals surface area contributed by atoms with E-state index >= 15 is 0 Å². The SMILES string of the molecule is CCN(CC)S(=O)(=O)c1cccc(C(=O)Nc2cc(Cl)ccc2OC)c1. The Morgan fingerprint density at radius 1 is 1.15 bits per heavy atom. The Labute approximate surface area is 158 Å². The summed E-state index contributed by atoms with van der Waals surface area (Å²) in [5, 5.41) is 3.14. The molecule has 0 heterocycles. The molecule has 8 heteroatoms. The number of ether oxygens (including phenoxy) is 1. The highest BCUT2D eigenvalue weighted by atomic mass is 35.5. The number of benzene rings is 2. The van der Waals surface area contributed by atoms with Crippen LogP contribution in [0.15, 0.2) is 47.4 Å². The van der Waals surface area contributed by atoms with Crippen molar-refractivity contribution in [2.24, 2.45) is 0 Å². The highest BCUT2D eigenvalue weighted by Gasteiger charge is 2.22. The first-order valence-electron chi connectivity index (χ1n) is 8.08. The summed E-state index contributed by atoms with van der Waals surface area (Å²) in [5.74, 6) is -0.00293. The van der Waals surface area contributed by atoms with Crippen molar-refractivity contribution in [3.8, 4) is 5.75 Å². The fourth-order valence-electron chi connectivity index (χ4n) is 2.48. The van der Waals surface area contributed by atoms with E-state index in [0.717, 1.165) is 0 Å². The molecule has 2 aromatic rings. The van der Waals surface area contributed by atoms with E-state index in [4.69, 9.17) is 16.3 Å². The minimum atomic E-state index is -3.64. The molecule has 0 fully saturated rings. The molecule has 0 aliphatic rings. The van der Waals surface area contributed by atoms with Gasteiger partial charge in [0.15, 0.2) is 0 Å². The summed E-state index contributed by atoms with van der Waals surface area (Å²) in [6, 6.07) is 10.8. The van der Waals surface area contributed by atoms with Crippen molar-refractivity contribution in [1.29, 1.82) is 0 Å². The van der Waals surface area contributed by atoms with Crippen molar-refractivity contribution in [3.63, 3.8) is 0 Å². The summed E-state index contributed by atoms with van der Waals surface area (Å²) >= 11 is 5.96. The molecule has 0 aromatic heterocycles. The van der Waals surface area contributed by atoms with Crippen LogP contribution < -0.4 is 10.1 Å². The van der Waals surface area contributed by atoms with Crippen LogP contribution in [0.3, 0.4) is 0 Å². The lowest BCUT2D eigenvalue weighted by Gasteiger charge is -2.18. The van der Waals surface area contributed by atoms with Crippen LogP contribution in [-0.4, -0.2) is 38.8 Å². The first kappa shape index (κ1) is 20.2. The number of anilines is 1. The summed E-state index contributed by atoms with van der Waals surface area (Å²) in [7, 11) is -2.16. The third-order valence-electron chi connectivity index (χ3n) is 3.85. The predicted molar refractivity (Wildman–Crippen MR) is 103 cm³/mol. The first-order chi connectivity index (χ1) is 12.3.